The molecule has 1 aliphatic carbocycles. The first-order chi connectivity index (χ1) is 11.3. The fraction of sp³-hybridized carbons (Fsp3) is 0.471. The third kappa shape index (κ3) is 2.99. The molecule has 1 aromatic carbocycles. The Morgan fingerprint density at radius 3 is 2.91 bits per heavy atom. The number of rotatable bonds is 3. The Morgan fingerprint density at radius 1 is 1.22 bits per heavy atom. The fourth-order valence-electron chi connectivity index (χ4n) is 3.48. The lowest BCUT2D eigenvalue weighted by Crippen LogP contribution is -2.29. The fourth-order valence-corrected chi connectivity index (χ4v) is 3.48. The lowest BCUT2D eigenvalue weighted by atomic mass is 10.1. The molecule has 0 bridgehead atoms. The Kier molecular flexibility index (Phi) is 3.83. The minimum Gasteiger partial charge on any atom is -0.321 e. The first-order valence-corrected chi connectivity index (χ1v) is 8.35. The molecule has 2 N–H and O–H groups in total. The van der Waals surface area contributed by atoms with Gasteiger partial charge >= 0.3 is 0 Å². The van der Waals surface area contributed by atoms with Crippen molar-refractivity contribution in [3.8, 4) is 0 Å². The van der Waals surface area contributed by atoms with Crippen LogP contribution in [0.5, 0.6) is 0 Å². The molecule has 1 fully saturated rings. The highest BCUT2D eigenvalue weighted by atomic mass is 16.2. The van der Waals surface area contributed by atoms with E-state index in [1.807, 2.05) is 10.7 Å². The number of aryl methyl sites for hydroxylation is 2. The van der Waals surface area contributed by atoms with Crippen molar-refractivity contribution in [2.45, 2.75) is 38.1 Å². The number of amides is 1. The van der Waals surface area contributed by atoms with E-state index in [0.29, 0.717) is 11.7 Å². The number of hydrogen-bond donors (Lipinski definition) is 2. The first kappa shape index (κ1) is 14.4. The van der Waals surface area contributed by atoms with E-state index in [1.165, 1.54) is 17.5 Å². The third-order valence-electron chi connectivity index (χ3n) is 4.78. The molecule has 0 unspecified atom stereocenters. The van der Waals surface area contributed by atoms with Gasteiger partial charge in [0.1, 0.15) is 0 Å². The van der Waals surface area contributed by atoms with Gasteiger partial charge in [-0.15, -0.1) is 5.10 Å². The number of fused-ring (bicyclic) bond motifs is 1. The molecule has 6 heteroatoms. The summed E-state index contributed by atoms with van der Waals surface area (Å²) >= 11 is 0. The van der Waals surface area contributed by atoms with E-state index in [9.17, 15) is 4.79 Å². The van der Waals surface area contributed by atoms with E-state index in [4.69, 9.17) is 0 Å². The van der Waals surface area contributed by atoms with Gasteiger partial charge in [-0.05, 0) is 68.5 Å². The van der Waals surface area contributed by atoms with Crippen LogP contribution in [0.15, 0.2) is 24.4 Å². The van der Waals surface area contributed by atoms with Gasteiger partial charge in [-0.2, -0.15) is 0 Å². The SMILES string of the molecule is O=C(Nc1ccc2c(c1)CCC2)c1cn(C2CCNCC2)nn1. The van der Waals surface area contributed by atoms with Crippen LogP contribution in [0.2, 0.25) is 0 Å². The van der Waals surface area contributed by atoms with Crippen molar-refractivity contribution in [2.75, 3.05) is 18.4 Å². The average Bonchev–Trinajstić information content (AvgIpc) is 3.24. The minimum absolute atomic E-state index is 0.192. The van der Waals surface area contributed by atoms with Crippen molar-refractivity contribution in [3.05, 3.63) is 41.2 Å². The van der Waals surface area contributed by atoms with Crippen LogP contribution in [0.3, 0.4) is 0 Å². The van der Waals surface area contributed by atoms with Gasteiger partial charge in [0, 0.05) is 5.69 Å². The predicted octanol–water partition coefficient (Wildman–Crippen LogP) is 1.94. The molecule has 4 rings (SSSR count). The maximum Gasteiger partial charge on any atom is 0.277 e. The second kappa shape index (κ2) is 6.12. The number of carbonyl (C=O) groups is 1. The van der Waals surface area contributed by atoms with Crippen LogP contribution in [0.25, 0.3) is 0 Å². The third-order valence-corrected chi connectivity index (χ3v) is 4.78. The molecule has 120 valence electrons. The molecule has 2 aromatic rings. The van der Waals surface area contributed by atoms with Crippen molar-refractivity contribution in [1.29, 1.82) is 0 Å². The Morgan fingerprint density at radius 2 is 2.04 bits per heavy atom. The van der Waals surface area contributed by atoms with E-state index in [-0.39, 0.29) is 5.91 Å². The second-order valence-corrected chi connectivity index (χ2v) is 6.36. The molecule has 0 atom stereocenters. The number of anilines is 1. The Bertz CT molecular complexity index is 718. The zero-order chi connectivity index (χ0) is 15.6. The van der Waals surface area contributed by atoms with Crippen molar-refractivity contribution in [3.63, 3.8) is 0 Å². The van der Waals surface area contributed by atoms with Crippen molar-refractivity contribution in [2.24, 2.45) is 0 Å². The summed E-state index contributed by atoms with van der Waals surface area (Å²) in [6, 6.07) is 6.51. The molecule has 1 amide bonds. The maximum atomic E-state index is 12.4. The van der Waals surface area contributed by atoms with Gasteiger partial charge in [-0.1, -0.05) is 11.3 Å². The van der Waals surface area contributed by atoms with Crippen LogP contribution >= 0.6 is 0 Å². The molecular formula is C17H21N5O. The zero-order valence-electron chi connectivity index (χ0n) is 13.1. The predicted molar refractivity (Wildman–Crippen MR) is 87.6 cm³/mol. The van der Waals surface area contributed by atoms with Crippen molar-refractivity contribution < 1.29 is 4.79 Å². The summed E-state index contributed by atoms with van der Waals surface area (Å²) in [6.45, 7) is 1.97. The van der Waals surface area contributed by atoms with E-state index in [2.05, 4.69) is 33.1 Å². The summed E-state index contributed by atoms with van der Waals surface area (Å²) in [6.07, 6.45) is 7.26. The number of nitrogens with one attached hydrogen (secondary N) is 2. The molecule has 1 aromatic heterocycles. The molecule has 6 nitrogen and oxygen atoms in total. The van der Waals surface area contributed by atoms with E-state index >= 15 is 0 Å². The van der Waals surface area contributed by atoms with Crippen LogP contribution in [-0.2, 0) is 12.8 Å². The van der Waals surface area contributed by atoms with Gasteiger partial charge in [0.05, 0.1) is 12.2 Å². The normalized spacial score (nSPS) is 17.9. The number of piperidine rings is 1. The number of benzene rings is 1. The first-order valence-electron chi connectivity index (χ1n) is 8.35. The number of nitrogens with zero attached hydrogens (tertiary/aromatic N) is 3. The summed E-state index contributed by atoms with van der Waals surface area (Å²) in [5, 5.41) is 14.4. The molecule has 1 aliphatic heterocycles. The van der Waals surface area contributed by atoms with Gasteiger partial charge in [0.2, 0.25) is 0 Å². The van der Waals surface area contributed by atoms with Crippen molar-refractivity contribution in [1.82, 2.24) is 20.3 Å². The van der Waals surface area contributed by atoms with E-state index in [1.54, 1.807) is 6.20 Å². The molecule has 23 heavy (non-hydrogen) atoms. The molecular weight excluding hydrogens is 290 g/mol. The Balaban J connectivity index is 1.45. The topological polar surface area (TPSA) is 71.8 Å². The molecule has 1 saturated heterocycles. The van der Waals surface area contributed by atoms with Gasteiger partial charge in [-0.25, -0.2) is 4.68 Å². The Labute approximate surface area is 135 Å². The van der Waals surface area contributed by atoms with Gasteiger partial charge < -0.3 is 10.6 Å². The summed E-state index contributed by atoms with van der Waals surface area (Å²) in [5.41, 5.74) is 3.97. The molecule has 0 spiro atoms. The number of hydrogen-bond acceptors (Lipinski definition) is 4. The zero-order valence-corrected chi connectivity index (χ0v) is 13.1. The highest BCUT2D eigenvalue weighted by molar-refractivity contribution is 6.02. The van der Waals surface area contributed by atoms with Crippen LogP contribution in [0.4, 0.5) is 5.69 Å². The van der Waals surface area contributed by atoms with E-state index in [0.717, 1.165) is 44.5 Å². The average molecular weight is 311 g/mol. The number of carbonyl (C=O) groups excluding carboxylic acids is 1. The van der Waals surface area contributed by atoms with Crippen molar-refractivity contribution >= 4 is 11.6 Å². The van der Waals surface area contributed by atoms with Gasteiger partial charge in [0.15, 0.2) is 5.69 Å². The van der Waals surface area contributed by atoms with Gasteiger partial charge in [-0.3, -0.25) is 4.79 Å². The largest absolute Gasteiger partial charge is 0.321 e. The summed E-state index contributed by atoms with van der Waals surface area (Å²) < 4.78 is 1.83. The Hall–Kier alpha value is -2.21. The molecule has 2 heterocycles. The molecule has 0 radical (unpaired) electrons. The summed E-state index contributed by atoms with van der Waals surface area (Å²) in [4.78, 5) is 12.4. The highest BCUT2D eigenvalue weighted by Crippen LogP contribution is 2.25. The lowest BCUT2D eigenvalue weighted by Gasteiger charge is -2.22. The standard InChI is InChI=1S/C17H21N5O/c23-17(19-14-5-4-12-2-1-3-13(12)10-14)16-11-22(21-20-16)15-6-8-18-9-7-15/h4-5,10-11,15,18H,1-3,6-9H2,(H,19,23). The summed E-state index contributed by atoms with van der Waals surface area (Å²) in [5.74, 6) is -0.192. The monoisotopic (exact) mass is 311 g/mol. The van der Waals surface area contributed by atoms with E-state index < -0.39 is 0 Å². The van der Waals surface area contributed by atoms with Crippen LogP contribution < -0.4 is 10.6 Å². The highest BCUT2D eigenvalue weighted by Gasteiger charge is 2.19. The molecule has 2 aliphatic rings. The summed E-state index contributed by atoms with van der Waals surface area (Å²) in [7, 11) is 0. The minimum atomic E-state index is -0.192. The quantitative estimate of drug-likeness (QED) is 0.909. The van der Waals surface area contributed by atoms with Crippen LogP contribution in [0, 0.1) is 0 Å². The number of aromatic nitrogens is 3. The second-order valence-electron chi connectivity index (χ2n) is 6.36. The maximum absolute atomic E-state index is 12.4. The van der Waals surface area contributed by atoms with Crippen LogP contribution in [0.1, 0.15) is 46.9 Å². The molecule has 0 saturated carbocycles. The lowest BCUT2D eigenvalue weighted by molar-refractivity contribution is 0.102. The van der Waals surface area contributed by atoms with Crippen LogP contribution in [-0.4, -0.2) is 34.0 Å². The van der Waals surface area contributed by atoms with Gasteiger partial charge in [0.25, 0.3) is 5.91 Å². The smallest absolute Gasteiger partial charge is 0.277 e.